The van der Waals surface area contributed by atoms with Gasteiger partial charge < -0.3 is 20.5 Å². The highest BCUT2D eigenvalue weighted by Gasteiger charge is 2.66. The van der Waals surface area contributed by atoms with Gasteiger partial charge in [-0.15, -0.1) is 0 Å². The summed E-state index contributed by atoms with van der Waals surface area (Å²) in [5, 5.41) is 2.24. The molecule has 35 heavy (non-hydrogen) atoms. The Bertz CT molecular complexity index is 1140. The zero-order valence-electron chi connectivity index (χ0n) is 18.0. The Morgan fingerprint density at radius 2 is 1.89 bits per heavy atom. The van der Waals surface area contributed by atoms with Crippen molar-refractivity contribution < 1.29 is 49.8 Å². The molecule has 14 heteroatoms. The molecule has 7 nitrogen and oxygen atoms in total. The van der Waals surface area contributed by atoms with Crippen molar-refractivity contribution in [2.75, 3.05) is 5.32 Å². The standard InChI is InChI=1S/C21H18F7N3O4/c1-8-13(10-3-4-11(22)14(23)15(10)34-19(24)25)16(35-20(8,2)21(26,27)28)18(33)31-9-5-6-30-12(7-9)17(29)32/h3-8,13,16,19H,1-2H3,(H2,29,32)(H,30,31,33)/t8-,13+,16-,20+/m1/s1. The summed E-state index contributed by atoms with van der Waals surface area (Å²) in [4.78, 5) is 28.0. The minimum atomic E-state index is -5.04. The molecule has 2 aromatic rings. The number of anilines is 1. The van der Waals surface area contributed by atoms with Gasteiger partial charge in [0.15, 0.2) is 17.2 Å². The molecular formula is C21H18F7N3O4. The number of carbonyl (C=O) groups excluding carboxylic acids is 2. The van der Waals surface area contributed by atoms with E-state index in [0.717, 1.165) is 25.3 Å². The Labute approximate surface area is 193 Å². The third kappa shape index (κ3) is 4.88. The number of carbonyl (C=O) groups is 2. The molecule has 0 bridgehead atoms. The number of aromatic nitrogens is 1. The lowest BCUT2D eigenvalue weighted by Crippen LogP contribution is -2.47. The maximum atomic E-state index is 14.4. The smallest absolute Gasteiger partial charge is 0.417 e. The van der Waals surface area contributed by atoms with Crippen LogP contribution in [-0.2, 0) is 9.53 Å². The summed E-state index contributed by atoms with van der Waals surface area (Å²) in [5.41, 5.74) is 1.14. The van der Waals surface area contributed by atoms with Gasteiger partial charge in [-0.2, -0.15) is 26.3 Å². The number of amides is 2. The summed E-state index contributed by atoms with van der Waals surface area (Å²) >= 11 is 0. The number of hydrogen-bond acceptors (Lipinski definition) is 5. The van der Waals surface area contributed by atoms with Gasteiger partial charge in [-0.05, 0) is 25.1 Å². The van der Waals surface area contributed by atoms with Gasteiger partial charge in [-0.3, -0.25) is 14.6 Å². The van der Waals surface area contributed by atoms with E-state index < -0.39 is 71.1 Å². The summed E-state index contributed by atoms with van der Waals surface area (Å²) in [6, 6.07) is 3.50. The van der Waals surface area contributed by atoms with Crippen LogP contribution in [0.15, 0.2) is 30.5 Å². The van der Waals surface area contributed by atoms with Crippen molar-refractivity contribution in [2.24, 2.45) is 11.7 Å². The molecule has 0 spiro atoms. The number of ether oxygens (including phenoxy) is 2. The number of benzene rings is 1. The van der Waals surface area contributed by atoms with Gasteiger partial charge >= 0.3 is 12.8 Å². The molecule has 0 aliphatic carbocycles. The largest absolute Gasteiger partial charge is 0.431 e. The van der Waals surface area contributed by atoms with E-state index in [1.54, 1.807) is 0 Å². The fraction of sp³-hybridized carbons (Fsp3) is 0.381. The van der Waals surface area contributed by atoms with E-state index in [0.29, 0.717) is 13.0 Å². The van der Waals surface area contributed by atoms with Gasteiger partial charge in [-0.1, -0.05) is 13.0 Å². The Kier molecular flexibility index (Phi) is 6.97. The van der Waals surface area contributed by atoms with Crippen LogP contribution in [-0.4, -0.2) is 41.3 Å². The quantitative estimate of drug-likeness (QED) is 0.570. The van der Waals surface area contributed by atoms with Crippen molar-refractivity contribution in [1.29, 1.82) is 0 Å². The van der Waals surface area contributed by atoms with Crippen molar-refractivity contribution in [3.05, 3.63) is 53.4 Å². The van der Waals surface area contributed by atoms with Crippen LogP contribution in [0.25, 0.3) is 0 Å². The van der Waals surface area contributed by atoms with E-state index >= 15 is 0 Å². The molecule has 3 rings (SSSR count). The lowest BCUT2D eigenvalue weighted by Gasteiger charge is -2.32. The zero-order chi connectivity index (χ0) is 26.3. The molecule has 1 saturated heterocycles. The first kappa shape index (κ1) is 26.2. The van der Waals surface area contributed by atoms with E-state index in [1.807, 2.05) is 0 Å². The third-order valence-corrected chi connectivity index (χ3v) is 5.85. The van der Waals surface area contributed by atoms with Crippen molar-refractivity contribution in [3.63, 3.8) is 0 Å². The first-order valence-electron chi connectivity index (χ1n) is 9.91. The second-order valence-electron chi connectivity index (χ2n) is 7.90. The maximum absolute atomic E-state index is 14.4. The van der Waals surface area contributed by atoms with Gasteiger partial charge in [0.2, 0.25) is 5.82 Å². The molecule has 3 N–H and O–H groups in total. The fourth-order valence-electron chi connectivity index (χ4n) is 3.90. The fourth-order valence-corrected chi connectivity index (χ4v) is 3.90. The van der Waals surface area contributed by atoms with Gasteiger partial charge in [0.1, 0.15) is 11.8 Å². The lowest BCUT2D eigenvalue weighted by atomic mass is 9.77. The average Bonchev–Trinajstić information content (AvgIpc) is 3.04. The molecule has 1 aromatic carbocycles. The normalized spacial score (nSPS) is 24.5. The monoisotopic (exact) mass is 509 g/mol. The molecule has 0 unspecified atom stereocenters. The molecule has 4 atom stereocenters. The molecule has 190 valence electrons. The van der Waals surface area contributed by atoms with Crippen molar-refractivity contribution in [2.45, 2.75) is 44.3 Å². The Morgan fingerprint density at radius 1 is 1.23 bits per heavy atom. The highest BCUT2D eigenvalue weighted by atomic mass is 19.4. The van der Waals surface area contributed by atoms with Crippen molar-refractivity contribution in [1.82, 2.24) is 4.98 Å². The van der Waals surface area contributed by atoms with Crippen LogP contribution < -0.4 is 15.8 Å². The minimum absolute atomic E-state index is 0.0937. The Hall–Kier alpha value is -3.42. The van der Waals surface area contributed by atoms with E-state index in [4.69, 9.17) is 10.5 Å². The Balaban J connectivity index is 2.10. The zero-order valence-corrected chi connectivity index (χ0v) is 18.0. The van der Waals surface area contributed by atoms with Crippen LogP contribution in [0.3, 0.4) is 0 Å². The van der Waals surface area contributed by atoms with E-state index in [9.17, 15) is 40.3 Å². The van der Waals surface area contributed by atoms with Crippen molar-refractivity contribution in [3.8, 4) is 5.75 Å². The summed E-state index contributed by atoms with van der Waals surface area (Å²) < 4.78 is 105. The number of nitrogens with one attached hydrogen (secondary N) is 1. The molecule has 0 radical (unpaired) electrons. The second kappa shape index (κ2) is 9.32. The minimum Gasteiger partial charge on any atom is -0.431 e. The van der Waals surface area contributed by atoms with Gasteiger partial charge in [-0.25, -0.2) is 4.39 Å². The highest BCUT2D eigenvalue weighted by Crippen LogP contribution is 2.55. The first-order valence-corrected chi connectivity index (χ1v) is 9.91. The third-order valence-electron chi connectivity index (χ3n) is 5.85. The number of rotatable bonds is 6. The Morgan fingerprint density at radius 3 is 2.46 bits per heavy atom. The molecule has 0 saturated carbocycles. The molecule has 2 amide bonds. The summed E-state index contributed by atoms with van der Waals surface area (Å²) in [6.45, 7) is -1.98. The molecule has 1 fully saturated rings. The van der Waals surface area contributed by atoms with E-state index in [-0.39, 0.29) is 11.4 Å². The number of pyridine rings is 1. The summed E-state index contributed by atoms with van der Waals surface area (Å²) in [7, 11) is 0. The second-order valence-corrected chi connectivity index (χ2v) is 7.90. The number of nitrogens with zero attached hydrogens (tertiary/aromatic N) is 1. The first-order chi connectivity index (χ1) is 16.2. The maximum Gasteiger partial charge on any atom is 0.417 e. The number of nitrogens with two attached hydrogens (primary N) is 1. The molecule has 1 aliphatic rings. The predicted molar refractivity (Wildman–Crippen MR) is 106 cm³/mol. The van der Waals surface area contributed by atoms with Crippen LogP contribution in [0.2, 0.25) is 0 Å². The van der Waals surface area contributed by atoms with Gasteiger partial charge in [0.05, 0.1) is 0 Å². The number of alkyl halides is 5. The lowest BCUT2D eigenvalue weighted by molar-refractivity contribution is -0.272. The number of primary amides is 1. The van der Waals surface area contributed by atoms with E-state index in [2.05, 4.69) is 15.0 Å². The summed E-state index contributed by atoms with van der Waals surface area (Å²) in [5.74, 6) is -10.3. The van der Waals surface area contributed by atoms with Crippen LogP contribution in [0.5, 0.6) is 5.75 Å². The highest BCUT2D eigenvalue weighted by molar-refractivity contribution is 5.97. The van der Waals surface area contributed by atoms with Gasteiger partial charge in [0.25, 0.3) is 11.8 Å². The van der Waals surface area contributed by atoms with Crippen LogP contribution in [0, 0.1) is 17.6 Å². The van der Waals surface area contributed by atoms with Crippen molar-refractivity contribution >= 4 is 17.5 Å². The number of halogens is 7. The molecule has 1 aromatic heterocycles. The predicted octanol–water partition coefficient (Wildman–Crippen LogP) is 4.14. The number of hydrogen-bond donors (Lipinski definition) is 2. The van der Waals surface area contributed by atoms with Crippen LogP contribution >= 0.6 is 0 Å². The SMILES string of the molecule is C[C@@H]1[C@@H](c2ccc(F)c(F)c2OC(F)F)[C@H](C(=O)Nc2ccnc(C(N)=O)c2)O[C@]1(C)C(F)(F)F. The van der Waals surface area contributed by atoms with Crippen LogP contribution in [0.4, 0.5) is 36.4 Å². The molecule has 1 aliphatic heterocycles. The molecular weight excluding hydrogens is 491 g/mol. The topological polar surface area (TPSA) is 104 Å². The van der Waals surface area contributed by atoms with E-state index in [1.165, 1.54) is 6.07 Å². The molecule has 2 heterocycles. The van der Waals surface area contributed by atoms with Gasteiger partial charge in [0, 0.05) is 29.3 Å². The summed E-state index contributed by atoms with van der Waals surface area (Å²) in [6.07, 6.45) is -5.97. The average molecular weight is 509 g/mol. The van der Waals surface area contributed by atoms with Crippen LogP contribution in [0.1, 0.15) is 35.8 Å².